The SMILES string of the molecule is CS(=O)(=O)N1CCN(C(=O)NC2CCC2)CC1. The van der Waals surface area contributed by atoms with E-state index in [0.717, 1.165) is 12.8 Å². The molecular weight excluding hydrogens is 242 g/mol. The maximum atomic E-state index is 11.8. The van der Waals surface area contributed by atoms with Crippen molar-refractivity contribution in [3.05, 3.63) is 0 Å². The molecule has 0 spiro atoms. The van der Waals surface area contributed by atoms with Crippen molar-refractivity contribution < 1.29 is 13.2 Å². The fourth-order valence-electron chi connectivity index (χ4n) is 2.04. The Bertz CT molecular complexity index is 384. The van der Waals surface area contributed by atoms with Crippen LogP contribution in [0.4, 0.5) is 4.79 Å². The van der Waals surface area contributed by atoms with Gasteiger partial charge in [0, 0.05) is 32.2 Å². The summed E-state index contributed by atoms with van der Waals surface area (Å²) in [4.78, 5) is 13.5. The van der Waals surface area contributed by atoms with Crippen LogP contribution in [0.2, 0.25) is 0 Å². The molecule has 1 saturated heterocycles. The van der Waals surface area contributed by atoms with E-state index in [9.17, 15) is 13.2 Å². The summed E-state index contributed by atoms with van der Waals surface area (Å²) < 4.78 is 24.0. The molecule has 2 amide bonds. The molecule has 1 heterocycles. The third-order valence-electron chi connectivity index (χ3n) is 3.43. The van der Waals surface area contributed by atoms with Gasteiger partial charge in [-0.2, -0.15) is 4.31 Å². The summed E-state index contributed by atoms with van der Waals surface area (Å²) in [6.45, 7) is 1.76. The second-order valence-electron chi connectivity index (χ2n) is 4.73. The normalized spacial score (nSPS) is 23.2. The van der Waals surface area contributed by atoms with Gasteiger partial charge in [0.1, 0.15) is 0 Å². The van der Waals surface area contributed by atoms with Crippen LogP contribution >= 0.6 is 0 Å². The minimum Gasteiger partial charge on any atom is -0.335 e. The van der Waals surface area contributed by atoms with Crippen molar-refractivity contribution in [1.29, 1.82) is 0 Å². The molecule has 0 bridgehead atoms. The number of amides is 2. The summed E-state index contributed by atoms with van der Waals surface area (Å²) >= 11 is 0. The average molecular weight is 261 g/mol. The highest BCUT2D eigenvalue weighted by atomic mass is 32.2. The van der Waals surface area contributed by atoms with Crippen LogP contribution in [0.15, 0.2) is 0 Å². The second-order valence-corrected chi connectivity index (χ2v) is 6.71. The van der Waals surface area contributed by atoms with Crippen LogP contribution in [-0.2, 0) is 10.0 Å². The van der Waals surface area contributed by atoms with E-state index in [0.29, 0.717) is 32.2 Å². The molecule has 1 saturated carbocycles. The zero-order chi connectivity index (χ0) is 12.5. The van der Waals surface area contributed by atoms with E-state index >= 15 is 0 Å². The summed E-state index contributed by atoms with van der Waals surface area (Å²) in [5.41, 5.74) is 0. The van der Waals surface area contributed by atoms with Gasteiger partial charge in [-0.3, -0.25) is 0 Å². The van der Waals surface area contributed by atoms with Crippen LogP contribution in [0, 0.1) is 0 Å². The average Bonchev–Trinajstić information content (AvgIpc) is 2.22. The number of urea groups is 1. The Hall–Kier alpha value is -0.820. The number of nitrogens with zero attached hydrogens (tertiary/aromatic N) is 2. The Morgan fingerprint density at radius 2 is 1.76 bits per heavy atom. The molecular formula is C10H19N3O3S. The molecule has 2 fully saturated rings. The largest absolute Gasteiger partial charge is 0.335 e. The number of carbonyl (C=O) groups is 1. The van der Waals surface area contributed by atoms with Gasteiger partial charge in [0.05, 0.1) is 6.26 Å². The maximum absolute atomic E-state index is 11.8. The Balaban J connectivity index is 1.80. The first-order valence-corrected chi connectivity index (χ1v) is 7.82. The zero-order valence-corrected chi connectivity index (χ0v) is 10.9. The number of hydrogen-bond acceptors (Lipinski definition) is 3. The van der Waals surface area contributed by atoms with Crippen LogP contribution in [0.25, 0.3) is 0 Å². The first-order chi connectivity index (χ1) is 7.97. The smallest absolute Gasteiger partial charge is 0.317 e. The summed E-state index contributed by atoms with van der Waals surface area (Å²) in [6.07, 6.45) is 4.52. The topological polar surface area (TPSA) is 69.7 Å². The monoisotopic (exact) mass is 261 g/mol. The van der Waals surface area contributed by atoms with E-state index in [-0.39, 0.29) is 6.03 Å². The molecule has 6 nitrogen and oxygen atoms in total. The molecule has 0 aromatic rings. The van der Waals surface area contributed by atoms with Crippen LogP contribution in [-0.4, -0.2) is 62.1 Å². The van der Waals surface area contributed by atoms with Crippen molar-refractivity contribution in [3.63, 3.8) is 0 Å². The molecule has 1 aliphatic carbocycles. The molecule has 7 heteroatoms. The van der Waals surface area contributed by atoms with Gasteiger partial charge in [0.15, 0.2) is 0 Å². The van der Waals surface area contributed by atoms with Crippen molar-refractivity contribution in [3.8, 4) is 0 Å². The lowest BCUT2D eigenvalue weighted by Crippen LogP contribution is -2.55. The van der Waals surface area contributed by atoms with Crippen LogP contribution in [0.5, 0.6) is 0 Å². The Morgan fingerprint density at radius 1 is 1.18 bits per heavy atom. The Labute approximate surface area is 102 Å². The Kier molecular flexibility index (Phi) is 3.58. The fourth-order valence-corrected chi connectivity index (χ4v) is 2.87. The van der Waals surface area contributed by atoms with Gasteiger partial charge in [-0.1, -0.05) is 0 Å². The van der Waals surface area contributed by atoms with E-state index in [1.165, 1.54) is 17.0 Å². The predicted molar refractivity (Wildman–Crippen MR) is 64.2 cm³/mol. The molecule has 0 radical (unpaired) electrons. The maximum Gasteiger partial charge on any atom is 0.317 e. The number of hydrogen-bond donors (Lipinski definition) is 1. The van der Waals surface area contributed by atoms with Crippen molar-refractivity contribution in [2.75, 3.05) is 32.4 Å². The van der Waals surface area contributed by atoms with Gasteiger partial charge < -0.3 is 10.2 Å². The number of piperazine rings is 1. The second kappa shape index (κ2) is 4.81. The highest BCUT2D eigenvalue weighted by Crippen LogP contribution is 2.18. The van der Waals surface area contributed by atoms with Crippen LogP contribution in [0.1, 0.15) is 19.3 Å². The zero-order valence-electron chi connectivity index (χ0n) is 10.1. The number of rotatable bonds is 2. The van der Waals surface area contributed by atoms with E-state index in [1.807, 2.05) is 0 Å². The molecule has 98 valence electrons. The lowest BCUT2D eigenvalue weighted by Gasteiger charge is -2.35. The van der Waals surface area contributed by atoms with Crippen molar-refractivity contribution in [2.24, 2.45) is 0 Å². The molecule has 17 heavy (non-hydrogen) atoms. The van der Waals surface area contributed by atoms with Crippen molar-refractivity contribution >= 4 is 16.1 Å². The van der Waals surface area contributed by atoms with Crippen LogP contribution < -0.4 is 5.32 Å². The van der Waals surface area contributed by atoms with E-state index < -0.39 is 10.0 Å². The first-order valence-electron chi connectivity index (χ1n) is 5.97. The van der Waals surface area contributed by atoms with Gasteiger partial charge in [-0.05, 0) is 19.3 Å². The Morgan fingerprint density at radius 3 is 2.18 bits per heavy atom. The minimum atomic E-state index is -3.12. The van der Waals surface area contributed by atoms with Crippen molar-refractivity contribution in [2.45, 2.75) is 25.3 Å². The standard InChI is InChI=1S/C10H19N3O3S/c1-17(15,16)13-7-5-12(6-8-13)10(14)11-9-3-2-4-9/h9H,2-8H2,1H3,(H,11,14). The number of nitrogens with one attached hydrogen (secondary N) is 1. The predicted octanol–water partition coefficient (Wildman–Crippen LogP) is -0.174. The fraction of sp³-hybridized carbons (Fsp3) is 0.900. The van der Waals surface area contributed by atoms with Gasteiger partial charge in [-0.15, -0.1) is 0 Å². The third-order valence-corrected chi connectivity index (χ3v) is 4.73. The van der Waals surface area contributed by atoms with E-state index in [2.05, 4.69) is 5.32 Å². The van der Waals surface area contributed by atoms with Crippen molar-refractivity contribution in [1.82, 2.24) is 14.5 Å². The lowest BCUT2D eigenvalue weighted by atomic mass is 9.93. The molecule has 0 aromatic heterocycles. The molecule has 0 atom stereocenters. The van der Waals surface area contributed by atoms with Gasteiger partial charge in [0.25, 0.3) is 0 Å². The molecule has 0 unspecified atom stereocenters. The summed E-state index contributed by atoms with van der Waals surface area (Å²) in [6, 6.07) is 0.276. The quantitative estimate of drug-likeness (QED) is 0.750. The summed E-state index contributed by atoms with van der Waals surface area (Å²) in [7, 11) is -3.12. The molecule has 0 aromatic carbocycles. The lowest BCUT2D eigenvalue weighted by molar-refractivity contribution is 0.163. The number of sulfonamides is 1. The molecule has 2 aliphatic rings. The summed E-state index contributed by atoms with van der Waals surface area (Å²) in [5, 5.41) is 2.96. The molecule has 1 aliphatic heterocycles. The first kappa shape index (κ1) is 12.6. The highest BCUT2D eigenvalue weighted by molar-refractivity contribution is 7.88. The minimum absolute atomic E-state index is 0.0529. The summed E-state index contributed by atoms with van der Waals surface area (Å²) in [5.74, 6) is 0. The van der Waals surface area contributed by atoms with Crippen LogP contribution in [0.3, 0.4) is 0 Å². The van der Waals surface area contributed by atoms with Gasteiger partial charge in [-0.25, -0.2) is 13.2 Å². The van der Waals surface area contributed by atoms with E-state index in [1.54, 1.807) is 4.90 Å². The molecule has 1 N–H and O–H groups in total. The number of carbonyl (C=O) groups excluding carboxylic acids is 1. The molecule has 2 rings (SSSR count). The highest BCUT2D eigenvalue weighted by Gasteiger charge is 2.28. The van der Waals surface area contributed by atoms with Gasteiger partial charge in [0.2, 0.25) is 10.0 Å². The third kappa shape index (κ3) is 3.10. The van der Waals surface area contributed by atoms with E-state index in [4.69, 9.17) is 0 Å². The van der Waals surface area contributed by atoms with Gasteiger partial charge >= 0.3 is 6.03 Å².